The number of carbonyl (C=O) groups excluding carboxylic acids is 2. The van der Waals surface area contributed by atoms with E-state index >= 15 is 0 Å². The summed E-state index contributed by atoms with van der Waals surface area (Å²) in [5.74, 6) is 0.670. The van der Waals surface area contributed by atoms with Gasteiger partial charge in [0, 0.05) is 30.4 Å². The molecule has 1 atom stereocenters. The van der Waals surface area contributed by atoms with E-state index in [9.17, 15) is 9.59 Å². The minimum atomic E-state index is -0.135. The molecule has 0 saturated carbocycles. The molecule has 144 valence electrons. The number of benzene rings is 1. The molecule has 0 bridgehead atoms. The SMILES string of the molecule is CC(C)NC(=O)c1ccccc1OCC1CCCN(C(=O)c2cscn2)C1. The second-order valence-electron chi connectivity index (χ2n) is 7.07. The van der Waals surface area contributed by atoms with Gasteiger partial charge in [0.25, 0.3) is 11.8 Å². The maximum Gasteiger partial charge on any atom is 0.273 e. The number of aromatic nitrogens is 1. The molecule has 0 spiro atoms. The third-order valence-corrected chi connectivity index (χ3v) is 5.07. The van der Waals surface area contributed by atoms with E-state index in [1.165, 1.54) is 11.3 Å². The van der Waals surface area contributed by atoms with Crippen molar-refractivity contribution in [3.63, 3.8) is 0 Å². The van der Waals surface area contributed by atoms with Gasteiger partial charge in [-0.25, -0.2) is 4.98 Å². The molecular weight excluding hydrogens is 362 g/mol. The number of para-hydroxylation sites is 1. The molecule has 1 aromatic heterocycles. The number of amides is 2. The summed E-state index contributed by atoms with van der Waals surface area (Å²) < 4.78 is 5.99. The van der Waals surface area contributed by atoms with Gasteiger partial charge in [-0.1, -0.05) is 12.1 Å². The van der Waals surface area contributed by atoms with Crippen LogP contribution >= 0.6 is 11.3 Å². The van der Waals surface area contributed by atoms with Crippen LogP contribution in [0.3, 0.4) is 0 Å². The highest BCUT2D eigenvalue weighted by Crippen LogP contribution is 2.23. The van der Waals surface area contributed by atoms with E-state index in [1.54, 1.807) is 17.0 Å². The minimum Gasteiger partial charge on any atom is -0.492 e. The van der Waals surface area contributed by atoms with Crippen LogP contribution in [0, 0.1) is 5.92 Å². The lowest BCUT2D eigenvalue weighted by Crippen LogP contribution is -2.41. The molecule has 1 aliphatic heterocycles. The van der Waals surface area contributed by atoms with Crippen molar-refractivity contribution in [2.45, 2.75) is 32.7 Å². The Kier molecular flexibility index (Phi) is 6.45. The standard InChI is InChI=1S/C20H25N3O3S/c1-14(2)22-19(24)16-7-3-4-8-18(16)26-11-15-6-5-9-23(10-15)20(25)17-12-27-13-21-17/h3-4,7-8,12-15H,5-6,9-11H2,1-2H3,(H,22,24). The summed E-state index contributed by atoms with van der Waals surface area (Å²) in [7, 11) is 0. The van der Waals surface area contributed by atoms with E-state index in [4.69, 9.17) is 4.74 Å². The predicted molar refractivity (Wildman–Crippen MR) is 105 cm³/mol. The molecule has 27 heavy (non-hydrogen) atoms. The molecule has 1 aromatic carbocycles. The number of nitrogens with zero attached hydrogens (tertiary/aromatic N) is 2. The Bertz CT molecular complexity index is 777. The fourth-order valence-electron chi connectivity index (χ4n) is 3.19. The zero-order chi connectivity index (χ0) is 19.2. The number of ether oxygens (including phenoxy) is 1. The molecule has 1 unspecified atom stereocenters. The Labute approximate surface area is 163 Å². The first kappa shape index (κ1) is 19.4. The van der Waals surface area contributed by atoms with Gasteiger partial charge in [0.15, 0.2) is 0 Å². The number of thiazole rings is 1. The average Bonchev–Trinajstić information content (AvgIpc) is 3.20. The van der Waals surface area contributed by atoms with Gasteiger partial charge in [-0.05, 0) is 38.8 Å². The molecule has 2 heterocycles. The van der Waals surface area contributed by atoms with Crippen molar-refractivity contribution in [1.82, 2.24) is 15.2 Å². The molecule has 1 N–H and O–H groups in total. The van der Waals surface area contributed by atoms with Gasteiger partial charge in [0.1, 0.15) is 11.4 Å². The first-order valence-corrected chi connectivity index (χ1v) is 10.2. The first-order valence-electron chi connectivity index (χ1n) is 9.24. The van der Waals surface area contributed by atoms with E-state index in [2.05, 4.69) is 10.3 Å². The van der Waals surface area contributed by atoms with Crippen LogP contribution in [0.5, 0.6) is 5.75 Å². The van der Waals surface area contributed by atoms with Crippen LogP contribution in [-0.4, -0.2) is 47.4 Å². The number of hydrogen-bond acceptors (Lipinski definition) is 5. The highest BCUT2D eigenvalue weighted by Gasteiger charge is 2.26. The summed E-state index contributed by atoms with van der Waals surface area (Å²) in [5.41, 5.74) is 2.73. The summed E-state index contributed by atoms with van der Waals surface area (Å²) in [6, 6.07) is 7.34. The van der Waals surface area contributed by atoms with Crippen LogP contribution < -0.4 is 10.1 Å². The van der Waals surface area contributed by atoms with Gasteiger partial charge in [0.05, 0.1) is 17.7 Å². The second-order valence-corrected chi connectivity index (χ2v) is 7.79. The Morgan fingerprint density at radius 3 is 2.93 bits per heavy atom. The van der Waals surface area contributed by atoms with Gasteiger partial charge >= 0.3 is 0 Å². The number of hydrogen-bond donors (Lipinski definition) is 1. The van der Waals surface area contributed by atoms with Gasteiger partial charge < -0.3 is 15.0 Å². The van der Waals surface area contributed by atoms with Crippen molar-refractivity contribution in [2.75, 3.05) is 19.7 Å². The van der Waals surface area contributed by atoms with Gasteiger partial charge in [-0.3, -0.25) is 9.59 Å². The smallest absolute Gasteiger partial charge is 0.273 e. The number of piperidine rings is 1. The number of likely N-dealkylation sites (tertiary alicyclic amines) is 1. The topological polar surface area (TPSA) is 71.5 Å². The van der Waals surface area contributed by atoms with Gasteiger partial charge in [-0.2, -0.15) is 0 Å². The molecule has 6 nitrogen and oxygen atoms in total. The van der Waals surface area contributed by atoms with Crippen LogP contribution in [-0.2, 0) is 0 Å². The summed E-state index contributed by atoms with van der Waals surface area (Å²) >= 11 is 1.43. The van der Waals surface area contributed by atoms with E-state index < -0.39 is 0 Å². The molecule has 1 aliphatic rings. The molecule has 0 radical (unpaired) electrons. The van der Waals surface area contributed by atoms with Crippen molar-refractivity contribution in [2.24, 2.45) is 5.92 Å². The first-order chi connectivity index (χ1) is 13.0. The van der Waals surface area contributed by atoms with Crippen LogP contribution in [0.2, 0.25) is 0 Å². The number of nitrogens with one attached hydrogen (secondary N) is 1. The summed E-state index contributed by atoms with van der Waals surface area (Å²) in [4.78, 5) is 30.8. The highest BCUT2D eigenvalue weighted by atomic mass is 32.1. The zero-order valence-electron chi connectivity index (χ0n) is 15.7. The predicted octanol–water partition coefficient (Wildman–Crippen LogP) is 3.21. The molecular formula is C20H25N3O3S. The Balaban J connectivity index is 1.60. The normalized spacial score (nSPS) is 17.0. The van der Waals surface area contributed by atoms with Gasteiger partial charge in [-0.15, -0.1) is 11.3 Å². The average molecular weight is 388 g/mol. The lowest BCUT2D eigenvalue weighted by Gasteiger charge is -2.32. The van der Waals surface area contributed by atoms with Crippen molar-refractivity contribution >= 4 is 23.2 Å². The molecule has 2 amide bonds. The Morgan fingerprint density at radius 2 is 2.19 bits per heavy atom. The van der Waals surface area contributed by atoms with E-state index in [-0.39, 0.29) is 23.8 Å². The molecule has 0 aliphatic carbocycles. The van der Waals surface area contributed by atoms with Crippen molar-refractivity contribution in [3.8, 4) is 5.75 Å². The molecule has 1 fully saturated rings. The minimum absolute atomic E-state index is 0.0161. The lowest BCUT2D eigenvalue weighted by atomic mass is 9.98. The third kappa shape index (κ3) is 5.07. The van der Waals surface area contributed by atoms with E-state index in [0.29, 0.717) is 30.2 Å². The molecule has 2 aromatic rings. The van der Waals surface area contributed by atoms with Crippen LogP contribution in [0.25, 0.3) is 0 Å². The highest BCUT2D eigenvalue weighted by molar-refractivity contribution is 7.07. The van der Waals surface area contributed by atoms with Crippen molar-refractivity contribution in [3.05, 3.63) is 46.4 Å². The van der Waals surface area contributed by atoms with Crippen molar-refractivity contribution < 1.29 is 14.3 Å². The molecule has 7 heteroatoms. The molecule has 3 rings (SSSR count). The summed E-state index contributed by atoms with van der Waals surface area (Å²) in [6.45, 7) is 5.73. The maximum absolute atomic E-state index is 12.5. The Hall–Kier alpha value is -2.41. The van der Waals surface area contributed by atoms with Crippen molar-refractivity contribution in [1.29, 1.82) is 0 Å². The van der Waals surface area contributed by atoms with E-state index in [1.807, 2.05) is 36.9 Å². The zero-order valence-corrected chi connectivity index (χ0v) is 16.5. The number of rotatable bonds is 6. The maximum atomic E-state index is 12.5. The number of carbonyl (C=O) groups is 2. The third-order valence-electron chi connectivity index (χ3n) is 4.48. The van der Waals surface area contributed by atoms with Crippen LogP contribution in [0.15, 0.2) is 35.2 Å². The largest absolute Gasteiger partial charge is 0.492 e. The van der Waals surface area contributed by atoms with Crippen LogP contribution in [0.1, 0.15) is 47.5 Å². The fourth-order valence-corrected chi connectivity index (χ4v) is 3.72. The van der Waals surface area contributed by atoms with Crippen LogP contribution in [0.4, 0.5) is 0 Å². The van der Waals surface area contributed by atoms with E-state index in [0.717, 1.165) is 19.4 Å². The second kappa shape index (κ2) is 8.99. The monoisotopic (exact) mass is 387 g/mol. The lowest BCUT2D eigenvalue weighted by molar-refractivity contribution is 0.0628. The van der Waals surface area contributed by atoms with Gasteiger partial charge in [0.2, 0.25) is 0 Å². The quantitative estimate of drug-likeness (QED) is 0.826. The summed E-state index contributed by atoms with van der Waals surface area (Å²) in [5, 5.41) is 4.68. The molecule has 1 saturated heterocycles. The Morgan fingerprint density at radius 1 is 1.37 bits per heavy atom. The summed E-state index contributed by atoms with van der Waals surface area (Å²) in [6.07, 6.45) is 1.95. The fraction of sp³-hybridized carbons (Fsp3) is 0.450.